The van der Waals surface area contributed by atoms with E-state index in [-0.39, 0.29) is 6.10 Å². The van der Waals surface area contributed by atoms with Gasteiger partial charge in [-0.25, -0.2) is 0 Å². The van der Waals surface area contributed by atoms with E-state index < -0.39 is 6.10 Å². The maximum Gasteiger partial charge on any atom is 0.128 e. The van der Waals surface area contributed by atoms with E-state index in [0.717, 1.165) is 22.6 Å². The zero-order chi connectivity index (χ0) is 12.5. The Bertz CT molecular complexity index is 551. The Morgan fingerprint density at radius 1 is 1.22 bits per heavy atom. The lowest BCUT2D eigenvalue weighted by Gasteiger charge is -2.29. The van der Waals surface area contributed by atoms with Gasteiger partial charge >= 0.3 is 0 Å². The molecular formula is C15H15NO2. The lowest BCUT2D eigenvalue weighted by molar-refractivity contribution is 0.0656. The van der Waals surface area contributed by atoms with Gasteiger partial charge in [-0.15, -0.1) is 0 Å². The van der Waals surface area contributed by atoms with Gasteiger partial charge in [-0.05, 0) is 19.1 Å². The first kappa shape index (κ1) is 11.2. The molecule has 0 aliphatic carbocycles. The van der Waals surface area contributed by atoms with Crippen LogP contribution < -0.4 is 4.74 Å². The van der Waals surface area contributed by atoms with Crippen molar-refractivity contribution in [3.63, 3.8) is 0 Å². The van der Waals surface area contributed by atoms with E-state index >= 15 is 0 Å². The van der Waals surface area contributed by atoms with Crippen LogP contribution in [0.3, 0.4) is 0 Å². The number of fused-ring (bicyclic) bond motifs is 1. The van der Waals surface area contributed by atoms with Crippen LogP contribution in [-0.2, 0) is 0 Å². The Balaban J connectivity index is 1.92. The first-order valence-corrected chi connectivity index (χ1v) is 6.10. The van der Waals surface area contributed by atoms with Gasteiger partial charge in [0.15, 0.2) is 0 Å². The number of aliphatic hydroxyl groups excluding tert-OH is 1. The standard InChI is InChI=1S/C15H15NO2/c1-10-6-7-11(9-16-10)15-8-13(17)12-4-2-3-5-14(12)18-15/h2-7,9,13,15,17H,8H2,1H3/t13-,15?/m1/s1. The smallest absolute Gasteiger partial charge is 0.128 e. The molecule has 3 nitrogen and oxygen atoms in total. The molecule has 1 aromatic heterocycles. The second-order valence-corrected chi connectivity index (χ2v) is 4.63. The molecule has 0 spiro atoms. The van der Waals surface area contributed by atoms with Gasteiger partial charge in [0, 0.05) is 29.4 Å². The molecule has 0 saturated heterocycles. The van der Waals surface area contributed by atoms with E-state index in [0.29, 0.717) is 6.42 Å². The van der Waals surface area contributed by atoms with Gasteiger partial charge in [0.2, 0.25) is 0 Å². The number of nitrogens with zero attached hydrogens (tertiary/aromatic N) is 1. The molecule has 0 fully saturated rings. The molecular weight excluding hydrogens is 226 g/mol. The summed E-state index contributed by atoms with van der Waals surface area (Å²) in [5.41, 5.74) is 2.86. The molecule has 2 atom stereocenters. The van der Waals surface area contributed by atoms with Crippen LogP contribution in [0.25, 0.3) is 0 Å². The van der Waals surface area contributed by atoms with Gasteiger partial charge in [-0.2, -0.15) is 0 Å². The number of aliphatic hydroxyl groups is 1. The Kier molecular flexibility index (Phi) is 2.76. The number of rotatable bonds is 1. The van der Waals surface area contributed by atoms with E-state index in [4.69, 9.17) is 4.74 Å². The highest BCUT2D eigenvalue weighted by Crippen LogP contribution is 2.40. The summed E-state index contributed by atoms with van der Waals surface area (Å²) in [6.07, 6.45) is 1.80. The monoisotopic (exact) mass is 241 g/mol. The molecule has 1 aliphatic rings. The van der Waals surface area contributed by atoms with E-state index in [9.17, 15) is 5.11 Å². The second-order valence-electron chi connectivity index (χ2n) is 4.63. The zero-order valence-electron chi connectivity index (χ0n) is 10.2. The number of pyridine rings is 1. The van der Waals surface area contributed by atoms with Crippen LogP contribution in [0.1, 0.15) is 35.4 Å². The first-order valence-electron chi connectivity index (χ1n) is 6.10. The van der Waals surface area contributed by atoms with E-state index in [2.05, 4.69) is 4.98 Å². The third-order valence-corrected chi connectivity index (χ3v) is 3.29. The van der Waals surface area contributed by atoms with Crippen molar-refractivity contribution in [2.24, 2.45) is 0 Å². The fraction of sp³-hybridized carbons (Fsp3) is 0.267. The van der Waals surface area contributed by atoms with Crippen LogP contribution in [0.5, 0.6) is 5.75 Å². The molecule has 1 N–H and O–H groups in total. The summed E-state index contributed by atoms with van der Waals surface area (Å²) in [5.74, 6) is 0.766. The van der Waals surface area contributed by atoms with Crippen LogP contribution in [-0.4, -0.2) is 10.1 Å². The van der Waals surface area contributed by atoms with Crippen molar-refractivity contribution >= 4 is 0 Å². The lowest BCUT2D eigenvalue weighted by atomic mass is 9.96. The Labute approximate surface area is 106 Å². The summed E-state index contributed by atoms with van der Waals surface area (Å²) < 4.78 is 5.93. The van der Waals surface area contributed by atoms with Gasteiger partial charge in [-0.3, -0.25) is 4.98 Å². The highest BCUT2D eigenvalue weighted by molar-refractivity contribution is 5.38. The van der Waals surface area contributed by atoms with Crippen molar-refractivity contribution in [1.82, 2.24) is 4.98 Å². The fourth-order valence-corrected chi connectivity index (χ4v) is 2.27. The van der Waals surface area contributed by atoms with Crippen LogP contribution in [0.4, 0.5) is 0 Å². The average molecular weight is 241 g/mol. The maximum atomic E-state index is 10.1. The van der Waals surface area contributed by atoms with E-state index in [1.807, 2.05) is 49.5 Å². The second kappa shape index (κ2) is 4.42. The van der Waals surface area contributed by atoms with Crippen molar-refractivity contribution in [3.8, 4) is 5.75 Å². The highest BCUT2D eigenvalue weighted by atomic mass is 16.5. The lowest BCUT2D eigenvalue weighted by Crippen LogP contribution is -2.19. The number of aryl methyl sites for hydroxylation is 1. The predicted molar refractivity (Wildman–Crippen MR) is 68.4 cm³/mol. The average Bonchev–Trinajstić information content (AvgIpc) is 2.39. The number of hydrogen-bond acceptors (Lipinski definition) is 3. The van der Waals surface area contributed by atoms with Gasteiger partial charge in [0.05, 0.1) is 6.10 Å². The molecule has 3 heteroatoms. The molecule has 3 rings (SSSR count). The molecule has 1 aromatic carbocycles. The molecule has 0 radical (unpaired) electrons. The molecule has 1 aliphatic heterocycles. The highest BCUT2D eigenvalue weighted by Gasteiger charge is 2.27. The summed E-state index contributed by atoms with van der Waals surface area (Å²) in [4.78, 5) is 4.27. The largest absolute Gasteiger partial charge is 0.485 e. The summed E-state index contributed by atoms with van der Waals surface area (Å²) >= 11 is 0. The summed E-state index contributed by atoms with van der Waals surface area (Å²) in [6, 6.07) is 11.6. The van der Waals surface area contributed by atoms with E-state index in [1.165, 1.54) is 0 Å². The van der Waals surface area contributed by atoms with Gasteiger partial charge in [0.25, 0.3) is 0 Å². The quantitative estimate of drug-likeness (QED) is 0.834. The van der Waals surface area contributed by atoms with Crippen molar-refractivity contribution in [1.29, 1.82) is 0 Å². The number of ether oxygens (including phenoxy) is 1. The minimum atomic E-state index is -0.471. The molecule has 0 amide bonds. The van der Waals surface area contributed by atoms with E-state index in [1.54, 1.807) is 0 Å². The molecule has 0 saturated carbocycles. The number of hydrogen-bond donors (Lipinski definition) is 1. The molecule has 2 heterocycles. The Morgan fingerprint density at radius 2 is 2.06 bits per heavy atom. The van der Waals surface area contributed by atoms with Crippen molar-refractivity contribution < 1.29 is 9.84 Å². The van der Waals surface area contributed by atoms with Crippen LogP contribution in [0.2, 0.25) is 0 Å². The van der Waals surface area contributed by atoms with Crippen molar-refractivity contribution in [3.05, 3.63) is 59.4 Å². The SMILES string of the molecule is Cc1ccc(C2C[C@@H](O)c3ccccc3O2)cn1. The Morgan fingerprint density at radius 3 is 2.83 bits per heavy atom. The topological polar surface area (TPSA) is 42.4 Å². The normalized spacial score (nSPS) is 22.1. The maximum absolute atomic E-state index is 10.1. The first-order chi connectivity index (χ1) is 8.74. The van der Waals surface area contributed by atoms with Crippen LogP contribution in [0.15, 0.2) is 42.6 Å². The van der Waals surface area contributed by atoms with Gasteiger partial charge in [0.1, 0.15) is 11.9 Å². The fourth-order valence-electron chi connectivity index (χ4n) is 2.27. The summed E-state index contributed by atoms with van der Waals surface area (Å²) in [7, 11) is 0. The third kappa shape index (κ3) is 1.97. The summed E-state index contributed by atoms with van der Waals surface area (Å²) in [5, 5.41) is 10.1. The van der Waals surface area contributed by atoms with Crippen LogP contribution in [0, 0.1) is 6.92 Å². The molecule has 92 valence electrons. The molecule has 2 aromatic rings. The predicted octanol–water partition coefficient (Wildman–Crippen LogP) is 2.95. The van der Waals surface area contributed by atoms with Crippen LogP contribution >= 0.6 is 0 Å². The number of aromatic nitrogens is 1. The van der Waals surface area contributed by atoms with Gasteiger partial charge < -0.3 is 9.84 Å². The number of para-hydroxylation sites is 1. The molecule has 18 heavy (non-hydrogen) atoms. The number of benzene rings is 1. The third-order valence-electron chi connectivity index (χ3n) is 3.29. The van der Waals surface area contributed by atoms with Gasteiger partial charge in [-0.1, -0.05) is 24.3 Å². The van der Waals surface area contributed by atoms with Crippen molar-refractivity contribution in [2.45, 2.75) is 25.6 Å². The van der Waals surface area contributed by atoms with Crippen molar-refractivity contribution in [2.75, 3.05) is 0 Å². The molecule has 1 unspecified atom stereocenters. The minimum Gasteiger partial charge on any atom is -0.485 e. The zero-order valence-corrected chi connectivity index (χ0v) is 10.2. The summed E-state index contributed by atoms with van der Waals surface area (Å²) in [6.45, 7) is 1.95. The minimum absolute atomic E-state index is 0.122. The Hall–Kier alpha value is -1.87. The molecule has 0 bridgehead atoms.